The Morgan fingerprint density at radius 2 is 2.00 bits per heavy atom. The van der Waals surface area contributed by atoms with E-state index in [9.17, 15) is 18.0 Å². The number of amides is 1. The number of likely N-dealkylation sites (tertiary alicyclic amines) is 1. The van der Waals surface area contributed by atoms with Crippen molar-refractivity contribution in [1.29, 1.82) is 0 Å². The highest BCUT2D eigenvalue weighted by atomic mass is 35.5. The van der Waals surface area contributed by atoms with Gasteiger partial charge < -0.3 is 18.9 Å². The molecule has 3 aliphatic rings. The highest BCUT2D eigenvalue weighted by Gasteiger charge is 2.53. The second-order valence-corrected chi connectivity index (χ2v) is 10.7. The summed E-state index contributed by atoms with van der Waals surface area (Å²) in [6.07, 6.45) is -0.227. The number of rotatable bonds is 2. The maximum absolute atomic E-state index is 12.8. The zero-order valence-electron chi connectivity index (χ0n) is 19.1. The topological polar surface area (TPSA) is 56.6 Å². The monoisotopic (exact) mass is 497 g/mol. The molecule has 0 aliphatic carbocycles. The van der Waals surface area contributed by atoms with Gasteiger partial charge in [0, 0.05) is 35.8 Å². The Morgan fingerprint density at radius 1 is 1.26 bits per heavy atom. The number of carbonyl (C=O) groups is 1. The van der Waals surface area contributed by atoms with Gasteiger partial charge in [0.15, 0.2) is 5.69 Å². The van der Waals surface area contributed by atoms with Crippen molar-refractivity contribution in [3.8, 4) is 5.75 Å². The second-order valence-electron chi connectivity index (χ2n) is 10.2. The van der Waals surface area contributed by atoms with Crippen LogP contribution in [0.2, 0.25) is 5.02 Å². The molecule has 4 heterocycles. The first-order valence-corrected chi connectivity index (χ1v) is 11.8. The molecular formula is C24H27ClF3N3O3. The maximum Gasteiger partial charge on any atom is 0.434 e. The van der Waals surface area contributed by atoms with Crippen LogP contribution in [-0.4, -0.2) is 45.7 Å². The first kappa shape index (κ1) is 23.5. The number of hydrogen-bond donors (Lipinski definition) is 0. The van der Waals surface area contributed by atoms with E-state index in [4.69, 9.17) is 21.1 Å². The molecule has 184 valence electrons. The molecule has 1 aromatic heterocycles. The van der Waals surface area contributed by atoms with E-state index in [1.54, 1.807) is 4.90 Å². The summed E-state index contributed by atoms with van der Waals surface area (Å²) in [7, 11) is 0. The largest absolute Gasteiger partial charge is 0.487 e. The van der Waals surface area contributed by atoms with Gasteiger partial charge >= 0.3 is 6.18 Å². The van der Waals surface area contributed by atoms with Crippen LogP contribution >= 0.6 is 11.6 Å². The Balaban J connectivity index is 1.24. The molecule has 0 N–H and O–H groups in total. The molecule has 2 aromatic rings. The molecule has 0 radical (unpaired) electrons. The van der Waals surface area contributed by atoms with Gasteiger partial charge in [-0.05, 0) is 56.7 Å². The fourth-order valence-electron chi connectivity index (χ4n) is 5.55. The van der Waals surface area contributed by atoms with Crippen LogP contribution in [-0.2, 0) is 22.3 Å². The van der Waals surface area contributed by atoms with Gasteiger partial charge in [0.25, 0.3) is 0 Å². The standard InChI is InChI=1S/C24H27ClF3N3O3/c1-22(2)17-10-23(13-33-21(17)16-9-15(25)3-4-18(16)34-22)5-7-31(8-6-23)20(32)12-30-11-19(29-14-30)24(26,27)28/h3-4,9,11,14,17,21H,5-8,10,12-13H2,1-2H3. The molecule has 6 nitrogen and oxygen atoms in total. The number of halogens is 4. The van der Waals surface area contributed by atoms with Crippen molar-refractivity contribution in [3.63, 3.8) is 0 Å². The van der Waals surface area contributed by atoms with Gasteiger partial charge in [0.1, 0.15) is 17.9 Å². The molecule has 2 saturated heterocycles. The predicted octanol–water partition coefficient (Wildman–Crippen LogP) is 5.11. The van der Waals surface area contributed by atoms with Crippen molar-refractivity contribution < 1.29 is 27.4 Å². The molecule has 34 heavy (non-hydrogen) atoms. The van der Waals surface area contributed by atoms with Crippen molar-refractivity contribution in [2.24, 2.45) is 11.3 Å². The lowest BCUT2D eigenvalue weighted by Crippen LogP contribution is -2.54. The quantitative estimate of drug-likeness (QED) is 0.578. The van der Waals surface area contributed by atoms with E-state index in [0.29, 0.717) is 24.7 Å². The van der Waals surface area contributed by atoms with Crippen molar-refractivity contribution in [3.05, 3.63) is 47.0 Å². The molecule has 3 aliphatic heterocycles. The van der Waals surface area contributed by atoms with Crippen molar-refractivity contribution in [2.75, 3.05) is 19.7 Å². The summed E-state index contributed by atoms with van der Waals surface area (Å²) in [6.45, 7) is 5.70. The van der Waals surface area contributed by atoms with E-state index in [1.807, 2.05) is 18.2 Å². The fourth-order valence-corrected chi connectivity index (χ4v) is 5.73. The Kier molecular flexibility index (Phi) is 5.63. The van der Waals surface area contributed by atoms with Gasteiger partial charge in [-0.2, -0.15) is 13.2 Å². The third-order valence-electron chi connectivity index (χ3n) is 7.55. The number of hydrogen-bond acceptors (Lipinski definition) is 4. The predicted molar refractivity (Wildman–Crippen MR) is 118 cm³/mol. The molecule has 2 unspecified atom stereocenters. The molecule has 0 bridgehead atoms. The van der Waals surface area contributed by atoms with Gasteiger partial charge in [-0.25, -0.2) is 4.98 Å². The highest BCUT2D eigenvalue weighted by molar-refractivity contribution is 6.30. The van der Waals surface area contributed by atoms with Crippen LogP contribution in [0.1, 0.15) is 50.5 Å². The minimum atomic E-state index is -4.52. The van der Waals surface area contributed by atoms with Crippen LogP contribution in [0, 0.1) is 11.3 Å². The van der Waals surface area contributed by atoms with Crippen LogP contribution in [0.3, 0.4) is 0 Å². The van der Waals surface area contributed by atoms with Gasteiger partial charge in [-0.1, -0.05) is 11.6 Å². The number of aromatic nitrogens is 2. The number of benzene rings is 1. The maximum atomic E-state index is 12.8. The van der Waals surface area contributed by atoms with Gasteiger partial charge in [0.05, 0.1) is 19.0 Å². The van der Waals surface area contributed by atoms with Crippen LogP contribution in [0.5, 0.6) is 5.75 Å². The number of ether oxygens (including phenoxy) is 2. The number of piperidine rings is 1. The molecule has 0 saturated carbocycles. The third-order valence-corrected chi connectivity index (χ3v) is 7.79. The third kappa shape index (κ3) is 4.28. The number of fused-ring (bicyclic) bond motifs is 3. The van der Waals surface area contributed by atoms with Crippen LogP contribution in [0.4, 0.5) is 13.2 Å². The first-order valence-electron chi connectivity index (χ1n) is 11.4. The van der Waals surface area contributed by atoms with Crippen molar-refractivity contribution in [2.45, 2.75) is 57.5 Å². The van der Waals surface area contributed by atoms with E-state index in [2.05, 4.69) is 18.8 Å². The van der Waals surface area contributed by atoms with Gasteiger partial charge in [-0.15, -0.1) is 0 Å². The SMILES string of the molecule is CC1(C)Oc2ccc(Cl)cc2C2OCC3(CCN(C(=O)Cn4cnc(C(F)(F)F)c4)CC3)CC21. The number of imidazole rings is 1. The summed E-state index contributed by atoms with van der Waals surface area (Å²) in [6, 6.07) is 5.64. The lowest BCUT2D eigenvalue weighted by Gasteiger charge is -2.54. The normalized spacial score (nSPS) is 25.4. The molecule has 2 atom stereocenters. The number of nitrogens with zero attached hydrogens (tertiary/aromatic N) is 3. The molecule has 1 spiro atoms. The molecule has 10 heteroatoms. The van der Waals surface area contributed by atoms with Crippen molar-refractivity contribution >= 4 is 17.5 Å². The van der Waals surface area contributed by atoms with Gasteiger partial charge in [-0.3, -0.25) is 4.79 Å². The minimum Gasteiger partial charge on any atom is -0.487 e. The summed E-state index contributed by atoms with van der Waals surface area (Å²) in [5, 5.41) is 0.650. The lowest BCUT2D eigenvalue weighted by molar-refractivity contribution is -0.176. The van der Waals surface area contributed by atoms with E-state index in [0.717, 1.165) is 43.1 Å². The van der Waals surface area contributed by atoms with E-state index in [1.165, 1.54) is 4.57 Å². The Bertz CT molecular complexity index is 1090. The van der Waals surface area contributed by atoms with Crippen LogP contribution in [0.25, 0.3) is 0 Å². The second kappa shape index (κ2) is 8.16. The summed E-state index contributed by atoms with van der Waals surface area (Å²) >= 11 is 6.24. The van der Waals surface area contributed by atoms with Crippen LogP contribution < -0.4 is 4.74 Å². The minimum absolute atomic E-state index is 0.0624. The zero-order valence-corrected chi connectivity index (χ0v) is 19.8. The molecule has 1 aromatic carbocycles. The number of alkyl halides is 3. The van der Waals surface area contributed by atoms with E-state index in [-0.39, 0.29) is 29.9 Å². The van der Waals surface area contributed by atoms with E-state index < -0.39 is 17.5 Å². The lowest BCUT2D eigenvalue weighted by atomic mass is 9.64. The van der Waals surface area contributed by atoms with Crippen LogP contribution in [0.15, 0.2) is 30.7 Å². The van der Waals surface area contributed by atoms with Gasteiger partial charge in [0.2, 0.25) is 5.91 Å². The number of carbonyl (C=O) groups excluding carboxylic acids is 1. The fraction of sp³-hybridized carbons (Fsp3) is 0.583. The molecular weight excluding hydrogens is 471 g/mol. The molecule has 2 fully saturated rings. The van der Waals surface area contributed by atoms with Crippen molar-refractivity contribution in [1.82, 2.24) is 14.5 Å². The average Bonchev–Trinajstić information content (AvgIpc) is 3.24. The summed E-state index contributed by atoms with van der Waals surface area (Å²) in [5.41, 5.74) is -0.485. The first-order chi connectivity index (χ1) is 16.0. The highest BCUT2D eigenvalue weighted by Crippen LogP contribution is 2.55. The summed E-state index contributed by atoms with van der Waals surface area (Å²) in [4.78, 5) is 17.8. The molecule has 1 amide bonds. The molecule has 5 rings (SSSR count). The Labute approximate surface area is 201 Å². The summed E-state index contributed by atoms with van der Waals surface area (Å²) < 4.78 is 52.3. The summed E-state index contributed by atoms with van der Waals surface area (Å²) in [5.74, 6) is 0.738. The Morgan fingerprint density at radius 3 is 2.68 bits per heavy atom. The average molecular weight is 498 g/mol. The zero-order chi connectivity index (χ0) is 24.3. The smallest absolute Gasteiger partial charge is 0.434 e. The van der Waals surface area contributed by atoms with E-state index >= 15 is 0 Å². The Hall–Kier alpha value is -2.26.